The summed E-state index contributed by atoms with van der Waals surface area (Å²) in [6.07, 6.45) is -0.586. The Kier molecular flexibility index (Phi) is 9.09. The topological polar surface area (TPSA) is 203 Å². The molecule has 8 N–H and O–H groups in total. The summed E-state index contributed by atoms with van der Waals surface area (Å²) in [4.78, 5) is 54.9. The number of aromatic amines is 1. The van der Waals surface area contributed by atoms with Gasteiger partial charge in [0, 0.05) is 37.8 Å². The van der Waals surface area contributed by atoms with Crippen LogP contribution in [0, 0.1) is 0 Å². The third-order valence-corrected chi connectivity index (χ3v) is 5.26. The van der Waals surface area contributed by atoms with E-state index in [1.807, 2.05) is 4.90 Å². The summed E-state index contributed by atoms with van der Waals surface area (Å²) >= 11 is 0. The number of carbonyl (C=O) groups excluding carboxylic acids is 1. The molecule has 0 fully saturated rings. The van der Waals surface area contributed by atoms with Crippen molar-refractivity contribution >= 4 is 64.0 Å². The Bertz CT molecular complexity index is 1110. The Morgan fingerprint density at radius 1 is 1.26 bits per heavy atom. The first kappa shape index (κ1) is 26.7. The van der Waals surface area contributed by atoms with Crippen LogP contribution in [-0.2, 0) is 9.59 Å². The molecular weight excluding hydrogens is 459 g/mol. The quantitative estimate of drug-likeness (QED) is 0.211. The van der Waals surface area contributed by atoms with Crippen molar-refractivity contribution in [3.05, 3.63) is 40.2 Å². The number of hydrogen-bond acceptors (Lipinski definition) is 9. The van der Waals surface area contributed by atoms with Crippen LogP contribution >= 0.6 is 0 Å². The molecule has 34 heavy (non-hydrogen) atoms. The molecule has 2 heterocycles. The van der Waals surface area contributed by atoms with Gasteiger partial charge in [-0.1, -0.05) is 0 Å². The zero-order valence-electron chi connectivity index (χ0n) is 17.8. The van der Waals surface area contributed by atoms with Crippen LogP contribution in [0.1, 0.15) is 23.2 Å². The lowest BCUT2D eigenvalue weighted by molar-refractivity contribution is -0.140. The number of aromatic nitrogens is 2. The van der Waals surface area contributed by atoms with Crippen LogP contribution in [0.3, 0.4) is 0 Å². The van der Waals surface area contributed by atoms with Gasteiger partial charge in [0.05, 0.1) is 6.04 Å². The van der Waals surface area contributed by atoms with E-state index in [1.54, 1.807) is 19.2 Å². The molecule has 2 aromatic rings. The highest BCUT2D eigenvalue weighted by Crippen LogP contribution is 2.25. The van der Waals surface area contributed by atoms with E-state index in [2.05, 4.69) is 25.9 Å². The summed E-state index contributed by atoms with van der Waals surface area (Å²) in [5.74, 6) is -2.59. The fraction of sp³-hybridized carbons (Fsp3) is 0.350. The predicted octanol–water partition coefficient (Wildman–Crippen LogP) is -1.17. The molecule has 180 valence electrons. The molecule has 0 saturated carbocycles. The zero-order valence-corrected chi connectivity index (χ0v) is 17.8. The van der Waals surface area contributed by atoms with Crippen LogP contribution in [0.4, 0.5) is 23.1 Å². The molecule has 13 nitrogen and oxygen atoms in total. The van der Waals surface area contributed by atoms with E-state index in [9.17, 15) is 24.3 Å². The van der Waals surface area contributed by atoms with E-state index < -0.39 is 23.9 Å². The number of nitrogens with zero attached hydrogens (tertiary/aromatic N) is 2. The molecule has 2 unspecified atom stereocenters. The third-order valence-electron chi connectivity index (χ3n) is 5.26. The average Bonchev–Trinajstić information content (AvgIpc) is 2.75. The number of carbonyl (C=O) groups is 3. The summed E-state index contributed by atoms with van der Waals surface area (Å²) in [7, 11) is 1.79. The van der Waals surface area contributed by atoms with E-state index >= 15 is 0 Å². The van der Waals surface area contributed by atoms with Gasteiger partial charge in [-0.05, 0) is 30.7 Å². The molecule has 0 bridgehead atoms. The number of carboxylic acids is 2. The van der Waals surface area contributed by atoms with Crippen molar-refractivity contribution in [3.63, 3.8) is 0 Å². The van der Waals surface area contributed by atoms with Gasteiger partial charge in [-0.15, -0.1) is 0 Å². The number of amides is 1. The molecule has 1 aliphatic rings. The molecule has 1 aliphatic heterocycles. The molecule has 1 amide bonds. The lowest BCUT2D eigenvalue weighted by Gasteiger charge is -2.35. The minimum Gasteiger partial charge on any atom is -0.481 e. The fourth-order valence-electron chi connectivity index (χ4n) is 3.42. The summed E-state index contributed by atoms with van der Waals surface area (Å²) in [6.45, 7) is 1.01. The first-order valence-electron chi connectivity index (χ1n) is 10.1. The number of anilines is 4. The Labute approximate surface area is 210 Å². The van der Waals surface area contributed by atoms with Gasteiger partial charge in [0.15, 0.2) is 5.82 Å². The number of fused-ring (bicyclic) bond motifs is 1. The minimum atomic E-state index is -1.30. The largest absolute Gasteiger partial charge is 0.481 e. The van der Waals surface area contributed by atoms with Crippen molar-refractivity contribution < 1.29 is 24.6 Å². The number of nitrogen functional groups attached to an aromatic ring is 1. The van der Waals surface area contributed by atoms with Crippen molar-refractivity contribution in [2.24, 2.45) is 0 Å². The maximum atomic E-state index is 12.3. The number of nitrogens with one attached hydrogen (secondary N) is 4. The molecule has 14 heteroatoms. The molecule has 3 rings (SSSR count). The number of benzene rings is 1. The first-order valence-corrected chi connectivity index (χ1v) is 10.1. The van der Waals surface area contributed by atoms with Crippen LogP contribution in [0.25, 0.3) is 0 Å². The summed E-state index contributed by atoms with van der Waals surface area (Å²) in [5.41, 5.74) is 6.59. The van der Waals surface area contributed by atoms with Gasteiger partial charge in [0.25, 0.3) is 11.5 Å². The maximum absolute atomic E-state index is 12.3. The van der Waals surface area contributed by atoms with Crippen molar-refractivity contribution in [1.29, 1.82) is 0 Å². The Morgan fingerprint density at radius 3 is 2.56 bits per heavy atom. The van der Waals surface area contributed by atoms with Crippen molar-refractivity contribution in [2.75, 3.05) is 41.4 Å². The smallest absolute Gasteiger partial charge is 0.326 e. The summed E-state index contributed by atoms with van der Waals surface area (Å²) in [5, 5.41) is 26.6. The number of rotatable bonds is 9. The normalized spacial score (nSPS) is 15.2. The highest BCUT2D eigenvalue weighted by Gasteiger charge is 2.27. The molecule has 2 atom stereocenters. The molecular formula is C20H27MgN7O6. The zero-order chi connectivity index (χ0) is 24.1. The van der Waals surface area contributed by atoms with E-state index in [0.717, 1.165) is 5.69 Å². The fourth-order valence-corrected chi connectivity index (χ4v) is 3.42. The van der Waals surface area contributed by atoms with Crippen LogP contribution < -0.4 is 32.1 Å². The number of H-pyrrole nitrogens is 1. The highest BCUT2D eigenvalue weighted by molar-refractivity contribution is 5.97. The van der Waals surface area contributed by atoms with Crippen LogP contribution in [0.5, 0.6) is 0 Å². The van der Waals surface area contributed by atoms with Gasteiger partial charge < -0.3 is 36.8 Å². The maximum Gasteiger partial charge on any atom is 0.326 e. The second kappa shape index (κ2) is 11.6. The molecule has 0 aliphatic carbocycles. The SMILES string of the molecule is CN1c2c(nc(N)[nH]c2=O)NCC1CNc1ccc(C(=O)NC(CCC(=O)O)C(=O)O)cc1.[MgH2]. The predicted molar refractivity (Wildman–Crippen MR) is 129 cm³/mol. The standard InChI is InChI=1S/C20H25N7O6.Mg.2H/c1-27-12(9-23-16-15(27)18(31)26-20(21)25-16)8-22-11-4-2-10(3-5-11)17(30)24-13(19(32)33)6-7-14(28)29;;;/h2-5,12-13,22H,6-9H2,1H3,(H,24,30)(H,28,29)(H,32,33)(H4,21,23,25,26,31);;;. The van der Waals surface area contributed by atoms with Crippen LogP contribution in [-0.4, -0.2) is 93.3 Å². The highest BCUT2D eigenvalue weighted by atomic mass is 24.3. The summed E-state index contributed by atoms with van der Waals surface area (Å²) in [6, 6.07) is 5.03. The minimum absolute atomic E-state index is 0. The van der Waals surface area contributed by atoms with Crippen LogP contribution in [0.15, 0.2) is 29.1 Å². The molecule has 1 aromatic carbocycles. The number of nitrogens with two attached hydrogens (primary N) is 1. The van der Waals surface area contributed by atoms with E-state index in [1.165, 1.54) is 12.1 Å². The van der Waals surface area contributed by atoms with Crippen LogP contribution in [0.2, 0.25) is 0 Å². The van der Waals surface area contributed by atoms with Gasteiger partial charge in [-0.2, -0.15) is 4.98 Å². The third kappa shape index (κ3) is 6.51. The molecule has 1 aromatic heterocycles. The van der Waals surface area contributed by atoms with Gasteiger partial charge in [-0.25, -0.2) is 4.79 Å². The summed E-state index contributed by atoms with van der Waals surface area (Å²) < 4.78 is 0. The van der Waals surface area contributed by atoms with Gasteiger partial charge in [0.1, 0.15) is 11.7 Å². The monoisotopic (exact) mass is 485 g/mol. The van der Waals surface area contributed by atoms with Gasteiger partial charge in [0.2, 0.25) is 5.95 Å². The van der Waals surface area contributed by atoms with Gasteiger partial charge >= 0.3 is 35.0 Å². The molecule has 0 spiro atoms. The Balaban J connectivity index is 0.00000408. The second-order valence-corrected chi connectivity index (χ2v) is 7.55. The number of hydrogen-bond donors (Lipinski definition) is 7. The van der Waals surface area contributed by atoms with Crippen molar-refractivity contribution in [3.8, 4) is 0 Å². The van der Waals surface area contributed by atoms with E-state index in [-0.39, 0.29) is 59.0 Å². The number of aliphatic carboxylic acids is 2. The lowest BCUT2D eigenvalue weighted by Crippen LogP contribution is -2.48. The Hall–Kier alpha value is -3.52. The first-order chi connectivity index (χ1) is 15.7. The average molecular weight is 486 g/mol. The number of carboxylic acid groups (broad SMARTS) is 2. The Morgan fingerprint density at radius 2 is 1.94 bits per heavy atom. The number of likely N-dealkylation sites (N-methyl/N-ethyl adjacent to an activating group) is 1. The molecule has 0 radical (unpaired) electrons. The lowest BCUT2D eigenvalue weighted by atomic mass is 10.1. The van der Waals surface area contributed by atoms with E-state index in [4.69, 9.17) is 10.8 Å². The van der Waals surface area contributed by atoms with Crippen molar-refractivity contribution in [1.82, 2.24) is 15.3 Å². The van der Waals surface area contributed by atoms with Crippen molar-refractivity contribution in [2.45, 2.75) is 24.9 Å². The van der Waals surface area contributed by atoms with Gasteiger partial charge in [-0.3, -0.25) is 19.4 Å². The second-order valence-electron chi connectivity index (χ2n) is 7.55. The molecule has 0 saturated heterocycles. The van der Waals surface area contributed by atoms with E-state index in [0.29, 0.717) is 24.6 Å².